The largest absolute Gasteiger partial charge is 0.416 e. The molecule has 0 aliphatic carbocycles. The fraction of sp³-hybridized carbons (Fsp3) is 0.333. The van der Waals surface area contributed by atoms with Crippen LogP contribution in [0.2, 0.25) is 0 Å². The molecule has 1 saturated heterocycles. The lowest BCUT2D eigenvalue weighted by molar-refractivity contribution is -0.138. The number of piperazine rings is 1. The van der Waals surface area contributed by atoms with Crippen LogP contribution in [-0.4, -0.2) is 35.5 Å². The first kappa shape index (κ1) is 23.1. The first-order valence-corrected chi connectivity index (χ1v) is 10.8. The number of halogens is 6. The van der Waals surface area contributed by atoms with Crippen molar-refractivity contribution in [1.82, 2.24) is 9.36 Å². The van der Waals surface area contributed by atoms with Crippen LogP contribution < -0.4 is 15.1 Å². The van der Waals surface area contributed by atoms with Crippen LogP contribution in [-0.2, 0) is 18.9 Å². The molecule has 1 aromatic heterocycles. The van der Waals surface area contributed by atoms with E-state index in [1.54, 1.807) is 6.07 Å². The lowest BCUT2D eigenvalue weighted by atomic mass is 10.1. The average molecular weight is 487 g/mol. The molecule has 5 nitrogen and oxygen atoms in total. The maximum atomic E-state index is 13.1. The molecule has 176 valence electrons. The molecule has 1 aliphatic heterocycles. The summed E-state index contributed by atoms with van der Waals surface area (Å²) in [5.41, 5.74) is -0.795. The summed E-state index contributed by atoms with van der Waals surface area (Å²) in [5.74, 6) is 0.229. The van der Waals surface area contributed by atoms with Crippen LogP contribution in [0.4, 0.5) is 43.1 Å². The molecule has 0 saturated carbocycles. The topological polar surface area (TPSA) is 44.3 Å². The monoisotopic (exact) mass is 487 g/mol. The molecule has 2 heterocycles. The number of nitrogens with zero attached hydrogens (tertiary/aromatic N) is 4. The van der Waals surface area contributed by atoms with Crippen molar-refractivity contribution in [3.05, 3.63) is 65.2 Å². The van der Waals surface area contributed by atoms with Crippen molar-refractivity contribution in [2.75, 3.05) is 41.3 Å². The van der Waals surface area contributed by atoms with Crippen molar-refractivity contribution in [3.8, 4) is 0 Å². The normalized spacial score (nSPS) is 15.1. The smallest absolute Gasteiger partial charge is 0.368 e. The quantitative estimate of drug-likeness (QED) is 0.481. The van der Waals surface area contributed by atoms with Crippen molar-refractivity contribution < 1.29 is 26.3 Å². The highest BCUT2D eigenvalue weighted by molar-refractivity contribution is 7.09. The van der Waals surface area contributed by atoms with Gasteiger partial charge in [0.1, 0.15) is 0 Å². The predicted molar refractivity (Wildman–Crippen MR) is 115 cm³/mol. The molecule has 0 atom stereocenters. The van der Waals surface area contributed by atoms with Gasteiger partial charge in [-0.15, -0.1) is 0 Å². The molecule has 12 heteroatoms. The van der Waals surface area contributed by atoms with Crippen molar-refractivity contribution >= 4 is 28.3 Å². The highest BCUT2D eigenvalue weighted by Crippen LogP contribution is 2.33. The van der Waals surface area contributed by atoms with E-state index >= 15 is 0 Å². The van der Waals surface area contributed by atoms with E-state index in [1.807, 2.05) is 9.80 Å². The second kappa shape index (κ2) is 9.08. The summed E-state index contributed by atoms with van der Waals surface area (Å²) in [4.78, 5) is 8.19. The van der Waals surface area contributed by atoms with Crippen LogP contribution >= 0.6 is 11.5 Å². The third kappa shape index (κ3) is 5.49. The van der Waals surface area contributed by atoms with Crippen molar-refractivity contribution in [1.29, 1.82) is 0 Å². The number of hydrogen-bond acceptors (Lipinski definition) is 6. The molecule has 3 aromatic rings. The molecule has 0 spiro atoms. The molecule has 0 radical (unpaired) electrons. The van der Waals surface area contributed by atoms with Gasteiger partial charge in [0.25, 0.3) is 0 Å². The maximum Gasteiger partial charge on any atom is 0.416 e. The Morgan fingerprint density at radius 3 is 2.24 bits per heavy atom. The van der Waals surface area contributed by atoms with Crippen LogP contribution in [0.15, 0.2) is 48.5 Å². The van der Waals surface area contributed by atoms with Gasteiger partial charge in [-0.2, -0.15) is 35.7 Å². The Morgan fingerprint density at radius 2 is 1.55 bits per heavy atom. The van der Waals surface area contributed by atoms with E-state index in [-0.39, 0.29) is 18.1 Å². The lowest BCUT2D eigenvalue weighted by Crippen LogP contribution is -2.46. The summed E-state index contributed by atoms with van der Waals surface area (Å²) in [6.45, 7) is 1.99. The van der Waals surface area contributed by atoms with Gasteiger partial charge in [-0.25, -0.2) is 0 Å². The molecule has 0 unspecified atom stereocenters. The molecular formula is C21H19F6N5S. The van der Waals surface area contributed by atoms with Crippen LogP contribution in [0.3, 0.4) is 0 Å². The number of aromatic nitrogens is 2. The van der Waals surface area contributed by atoms with Gasteiger partial charge in [-0.1, -0.05) is 24.3 Å². The molecular weight excluding hydrogens is 468 g/mol. The fourth-order valence-corrected chi connectivity index (χ4v) is 4.27. The van der Waals surface area contributed by atoms with Gasteiger partial charge in [0.15, 0.2) is 0 Å². The minimum atomic E-state index is -4.45. The second-order valence-corrected chi connectivity index (χ2v) is 8.16. The number of alkyl halides is 6. The van der Waals surface area contributed by atoms with E-state index in [4.69, 9.17) is 0 Å². The van der Waals surface area contributed by atoms with Crippen molar-refractivity contribution in [2.45, 2.75) is 18.9 Å². The zero-order valence-electron chi connectivity index (χ0n) is 17.1. The third-order valence-electron chi connectivity index (χ3n) is 5.26. The molecule has 2 aromatic carbocycles. The molecule has 1 aliphatic rings. The molecule has 4 rings (SSSR count). The van der Waals surface area contributed by atoms with E-state index < -0.39 is 23.5 Å². The molecule has 1 N–H and O–H groups in total. The van der Waals surface area contributed by atoms with Crippen LogP contribution in [0.25, 0.3) is 0 Å². The molecule has 33 heavy (non-hydrogen) atoms. The van der Waals surface area contributed by atoms with Gasteiger partial charge < -0.3 is 15.1 Å². The third-order valence-corrected chi connectivity index (χ3v) is 6.04. The Kier molecular flexibility index (Phi) is 6.37. The van der Waals surface area contributed by atoms with E-state index in [0.717, 1.165) is 29.7 Å². The summed E-state index contributed by atoms with van der Waals surface area (Å²) in [6.07, 6.45) is -8.84. The Balaban J connectivity index is 1.35. The van der Waals surface area contributed by atoms with E-state index in [1.165, 1.54) is 24.3 Å². The Labute approximate surface area is 189 Å². The average Bonchev–Trinajstić information content (AvgIpc) is 3.26. The molecule has 1 fully saturated rings. The van der Waals surface area contributed by atoms with Crippen molar-refractivity contribution in [3.63, 3.8) is 0 Å². The summed E-state index contributed by atoms with van der Waals surface area (Å²) in [5, 5.41) is 3.43. The standard InChI is InChI=1S/C21H19F6N5S/c22-20(23,24)15-5-3-6-16(12-15)31-8-10-32(11-9-31)19-29-18(30-33-19)28-13-14-4-1-2-7-17(14)21(25,26)27/h1-7,12H,8-11,13H2,(H,28,30). The van der Waals surface area contributed by atoms with Gasteiger partial charge in [-0.05, 0) is 29.8 Å². The zero-order chi connectivity index (χ0) is 23.6. The fourth-order valence-electron chi connectivity index (χ4n) is 3.58. The van der Waals surface area contributed by atoms with Gasteiger partial charge in [-0.3, -0.25) is 0 Å². The Morgan fingerprint density at radius 1 is 0.848 bits per heavy atom. The SMILES string of the molecule is FC(F)(F)c1cccc(N2CCN(c3nc(NCc4ccccc4C(F)(F)F)ns3)CC2)c1. The van der Waals surface area contributed by atoms with Crippen molar-refractivity contribution in [2.24, 2.45) is 0 Å². The summed E-state index contributed by atoms with van der Waals surface area (Å²) >= 11 is 1.12. The minimum absolute atomic E-state index is 0.0742. The molecule has 0 amide bonds. The molecule has 0 bridgehead atoms. The van der Waals surface area contributed by atoms with Gasteiger partial charge in [0.05, 0.1) is 11.1 Å². The van der Waals surface area contributed by atoms with Gasteiger partial charge in [0, 0.05) is 49.9 Å². The lowest BCUT2D eigenvalue weighted by Gasteiger charge is -2.36. The van der Waals surface area contributed by atoms with Crippen LogP contribution in [0, 0.1) is 0 Å². The maximum absolute atomic E-state index is 13.1. The number of benzene rings is 2. The van der Waals surface area contributed by atoms with E-state index in [0.29, 0.717) is 37.0 Å². The highest BCUT2D eigenvalue weighted by atomic mass is 32.1. The van der Waals surface area contributed by atoms with Crippen LogP contribution in [0.5, 0.6) is 0 Å². The van der Waals surface area contributed by atoms with Crippen LogP contribution in [0.1, 0.15) is 16.7 Å². The number of anilines is 3. The Hall–Kier alpha value is -3.02. The minimum Gasteiger partial charge on any atom is -0.368 e. The van der Waals surface area contributed by atoms with Gasteiger partial charge >= 0.3 is 12.4 Å². The van der Waals surface area contributed by atoms with E-state index in [2.05, 4.69) is 14.7 Å². The van der Waals surface area contributed by atoms with E-state index in [9.17, 15) is 26.3 Å². The predicted octanol–water partition coefficient (Wildman–Crippen LogP) is 5.51. The summed E-state index contributed by atoms with van der Waals surface area (Å²) in [6, 6.07) is 10.5. The summed E-state index contributed by atoms with van der Waals surface area (Å²) in [7, 11) is 0. The number of hydrogen-bond donors (Lipinski definition) is 1. The number of nitrogens with one attached hydrogen (secondary N) is 1. The highest BCUT2D eigenvalue weighted by Gasteiger charge is 2.33. The first-order chi connectivity index (χ1) is 15.6. The first-order valence-electron chi connectivity index (χ1n) is 10.0. The van der Waals surface area contributed by atoms with Gasteiger partial charge in [0.2, 0.25) is 11.1 Å². The second-order valence-electron chi connectivity index (χ2n) is 7.43. The Bertz CT molecular complexity index is 1090. The number of rotatable bonds is 5. The zero-order valence-corrected chi connectivity index (χ0v) is 17.9. The summed E-state index contributed by atoms with van der Waals surface area (Å²) < 4.78 is 82.5.